The van der Waals surface area contributed by atoms with Gasteiger partial charge in [0.1, 0.15) is 5.75 Å². The van der Waals surface area contributed by atoms with Crippen molar-refractivity contribution < 1.29 is 27.5 Å². The summed E-state index contributed by atoms with van der Waals surface area (Å²) >= 11 is 0. The van der Waals surface area contributed by atoms with Gasteiger partial charge in [-0.3, -0.25) is 4.79 Å². The molecule has 8 nitrogen and oxygen atoms in total. The highest BCUT2D eigenvalue weighted by atomic mass is 32.2. The molecule has 0 aliphatic heterocycles. The minimum Gasteiger partial charge on any atom is -0.497 e. The Bertz CT molecular complexity index is 1290. The third-order valence-corrected chi connectivity index (χ3v) is 7.41. The molecule has 1 amide bonds. The standard InChI is InChI=1S/C26H28N2O6S/c1-18(2)28(3)35(31,32)23-15-8-12-20(16-23)26(30)34-24(19-10-6-5-7-11-19)25(29)27-21-13-9-14-22(17-21)33-4/h5-18,24H,1-4H3,(H,27,29). The number of sulfonamides is 1. The Balaban J connectivity index is 1.88. The molecular formula is C26H28N2O6S. The van der Waals surface area contributed by atoms with Crippen molar-refractivity contribution in [2.75, 3.05) is 19.5 Å². The zero-order valence-electron chi connectivity index (χ0n) is 20.0. The molecule has 0 spiro atoms. The van der Waals surface area contributed by atoms with Crippen molar-refractivity contribution in [3.8, 4) is 5.75 Å². The van der Waals surface area contributed by atoms with Crippen LogP contribution in [-0.4, -0.2) is 44.8 Å². The Labute approximate surface area is 205 Å². The first-order valence-corrected chi connectivity index (χ1v) is 12.4. The molecule has 0 bridgehead atoms. The molecule has 1 atom stereocenters. The van der Waals surface area contributed by atoms with Crippen LogP contribution >= 0.6 is 0 Å². The number of carbonyl (C=O) groups is 2. The molecule has 3 aromatic rings. The maximum absolute atomic E-state index is 13.1. The van der Waals surface area contributed by atoms with Gasteiger partial charge in [0.2, 0.25) is 16.1 Å². The Morgan fingerprint density at radius 1 is 0.914 bits per heavy atom. The van der Waals surface area contributed by atoms with Crippen LogP contribution in [0.1, 0.15) is 35.9 Å². The molecular weight excluding hydrogens is 468 g/mol. The number of ether oxygens (including phenoxy) is 2. The van der Waals surface area contributed by atoms with Crippen molar-refractivity contribution >= 4 is 27.6 Å². The number of hydrogen-bond donors (Lipinski definition) is 1. The molecule has 3 rings (SSSR count). The summed E-state index contributed by atoms with van der Waals surface area (Å²) in [5.74, 6) is -0.842. The minimum atomic E-state index is -3.80. The normalized spacial score (nSPS) is 12.3. The summed E-state index contributed by atoms with van der Waals surface area (Å²) in [5.41, 5.74) is 0.944. The highest BCUT2D eigenvalue weighted by molar-refractivity contribution is 7.89. The highest BCUT2D eigenvalue weighted by Gasteiger charge is 2.28. The predicted octanol–water partition coefficient (Wildman–Crippen LogP) is 4.26. The van der Waals surface area contributed by atoms with Crippen molar-refractivity contribution in [2.45, 2.75) is 30.9 Å². The van der Waals surface area contributed by atoms with Crippen LogP contribution in [0.25, 0.3) is 0 Å². The van der Waals surface area contributed by atoms with Crippen LogP contribution in [0.4, 0.5) is 5.69 Å². The molecule has 0 saturated heterocycles. The summed E-state index contributed by atoms with van der Waals surface area (Å²) in [7, 11) is -0.816. The van der Waals surface area contributed by atoms with Crippen molar-refractivity contribution in [3.05, 3.63) is 90.0 Å². The molecule has 0 fully saturated rings. The van der Waals surface area contributed by atoms with Crippen LogP contribution in [0.5, 0.6) is 5.75 Å². The molecule has 0 aliphatic carbocycles. The third-order valence-electron chi connectivity index (χ3n) is 5.38. The number of benzene rings is 3. The van der Waals surface area contributed by atoms with Crippen molar-refractivity contribution in [2.24, 2.45) is 0 Å². The number of nitrogens with zero attached hydrogens (tertiary/aromatic N) is 1. The lowest BCUT2D eigenvalue weighted by molar-refractivity contribution is -0.125. The lowest BCUT2D eigenvalue weighted by Crippen LogP contribution is -2.33. The molecule has 0 aromatic heterocycles. The van der Waals surface area contributed by atoms with Crippen LogP contribution in [-0.2, 0) is 19.6 Å². The van der Waals surface area contributed by atoms with E-state index in [0.29, 0.717) is 17.0 Å². The van der Waals surface area contributed by atoms with E-state index in [1.807, 2.05) is 0 Å². The lowest BCUT2D eigenvalue weighted by atomic mass is 10.1. The van der Waals surface area contributed by atoms with E-state index in [4.69, 9.17) is 9.47 Å². The maximum Gasteiger partial charge on any atom is 0.339 e. The average Bonchev–Trinajstić information content (AvgIpc) is 2.87. The summed E-state index contributed by atoms with van der Waals surface area (Å²) in [5, 5.41) is 2.74. The van der Waals surface area contributed by atoms with Gasteiger partial charge in [0.15, 0.2) is 0 Å². The lowest BCUT2D eigenvalue weighted by Gasteiger charge is -2.21. The maximum atomic E-state index is 13.1. The number of esters is 1. The molecule has 9 heteroatoms. The van der Waals surface area contributed by atoms with E-state index in [-0.39, 0.29) is 16.5 Å². The first-order valence-electron chi connectivity index (χ1n) is 10.9. The highest BCUT2D eigenvalue weighted by Crippen LogP contribution is 2.25. The first-order chi connectivity index (χ1) is 16.6. The second-order valence-electron chi connectivity index (χ2n) is 8.06. The van der Waals surface area contributed by atoms with E-state index >= 15 is 0 Å². The van der Waals surface area contributed by atoms with Crippen LogP contribution in [0.3, 0.4) is 0 Å². The zero-order chi connectivity index (χ0) is 25.6. The van der Waals surface area contributed by atoms with E-state index in [9.17, 15) is 18.0 Å². The van der Waals surface area contributed by atoms with Gasteiger partial charge in [0.05, 0.1) is 17.6 Å². The van der Waals surface area contributed by atoms with E-state index in [2.05, 4.69) is 5.32 Å². The van der Waals surface area contributed by atoms with E-state index in [1.54, 1.807) is 68.4 Å². The fourth-order valence-electron chi connectivity index (χ4n) is 3.21. The van der Waals surface area contributed by atoms with Gasteiger partial charge in [0.25, 0.3) is 5.91 Å². The topological polar surface area (TPSA) is 102 Å². The number of amides is 1. The molecule has 184 valence electrons. The molecule has 1 N–H and O–H groups in total. The summed E-state index contributed by atoms with van der Waals surface area (Å²) < 4.78 is 37.7. The second-order valence-corrected chi connectivity index (χ2v) is 10.1. The van der Waals surface area contributed by atoms with E-state index in [0.717, 1.165) is 0 Å². The summed E-state index contributed by atoms with van der Waals surface area (Å²) in [4.78, 5) is 26.1. The predicted molar refractivity (Wildman–Crippen MR) is 133 cm³/mol. The fraction of sp³-hybridized carbons (Fsp3) is 0.231. The molecule has 0 aliphatic rings. The zero-order valence-corrected chi connectivity index (χ0v) is 20.8. The van der Waals surface area contributed by atoms with Crippen molar-refractivity contribution in [3.63, 3.8) is 0 Å². The number of hydrogen-bond acceptors (Lipinski definition) is 6. The summed E-state index contributed by atoms with van der Waals surface area (Å²) in [6.07, 6.45) is -1.27. The van der Waals surface area contributed by atoms with E-state index < -0.39 is 28.0 Å². The molecule has 0 radical (unpaired) electrons. The monoisotopic (exact) mass is 496 g/mol. The Kier molecular flexibility index (Phi) is 8.26. The summed E-state index contributed by atoms with van der Waals surface area (Å²) in [6, 6.07) is 20.7. The molecule has 3 aromatic carbocycles. The van der Waals surface area contributed by atoms with E-state index in [1.165, 1.54) is 42.7 Å². The van der Waals surface area contributed by atoms with Gasteiger partial charge in [-0.15, -0.1) is 0 Å². The third kappa shape index (κ3) is 6.26. The smallest absolute Gasteiger partial charge is 0.339 e. The van der Waals surface area contributed by atoms with Gasteiger partial charge in [-0.05, 0) is 44.2 Å². The number of anilines is 1. The van der Waals surface area contributed by atoms with Gasteiger partial charge >= 0.3 is 5.97 Å². The summed E-state index contributed by atoms with van der Waals surface area (Å²) in [6.45, 7) is 3.50. The number of nitrogens with one attached hydrogen (secondary N) is 1. The largest absolute Gasteiger partial charge is 0.497 e. The SMILES string of the molecule is COc1cccc(NC(=O)C(OC(=O)c2cccc(S(=O)(=O)N(C)C(C)C)c2)c2ccccc2)c1. The second kappa shape index (κ2) is 11.2. The number of rotatable bonds is 9. The Morgan fingerprint density at radius 2 is 1.60 bits per heavy atom. The van der Waals surface area contributed by atoms with Gasteiger partial charge in [-0.1, -0.05) is 42.5 Å². The molecule has 1 unspecified atom stereocenters. The first kappa shape index (κ1) is 25.9. The fourth-order valence-corrected chi connectivity index (χ4v) is 4.63. The van der Waals surface area contributed by atoms with Crippen LogP contribution < -0.4 is 10.1 Å². The van der Waals surface area contributed by atoms with Crippen molar-refractivity contribution in [1.29, 1.82) is 0 Å². The van der Waals surface area contributed by atoms with Crippen LogP contribution in [0.15, 0.2) is 83.8 Å². The Hall–Kier alpha value is -3.69. The van der Waals surface area contributed by atoms with Crippen LogP contribution in [0, 0.1) is 0 Å². The van der Waals surface area contributed by atoms with Gasteiger partial charge in [-0.2, -0.15) is 4.31 Å². The average molecular weight is 497 g/mol. The number of carbonyl (C=O) groups excluding carboxylic acids is 2. The minimum absolute atomic E-state index is 0.0124. The van der Waals surface area contributed by atoms with Crippen molar-refractivity contribution in [1.82, 2.24) is 4.31 Å². The van der Waals surface area contributed by atoms with Gasteiger partial charge in [0, 0.05) is 30.4 Å². The number of methoxy groups -OCH3 is 1. The van der Waals surface area contributed by atoms with Gasteiger partial charge < -0.3 is 14.8 Å². The quantitative estimate of drug-likeness (QED) is 0.444. The molecule has 0 saturated carbocycles. The van der Waals surface area contributed by atoms with Gasteiger partial charge in [-0.25, -0.2) is 13.2 Å². The Morgan fingerprint density at radius 3 is 2.26 bits per heavy atom. The van der Waals surface area contributed by atoms with Crippen LogP contribution in [0.2, 0.25) is 0 Å². The molecule has 35 heavy (non-hydrogen) atoms. The molecule has 0 heterocycles.